The van der Waals surface area contributed by atoms with Gasteiger partial charge >= 0.3 is 0 Å². The van der Waals surface area contributed by atoms with Crippen LogP contribution < -0.4 is 4.90 Å². The summed E-state index contributed by atoms with van der Waals surface area (Å²) in [6, 6.07) is 12.9. The number of thioether (sulfide) groups is 1. The standard InChI is InChI=1S/C19H16BrClN2O2S/c1-22(2)16-8-5-13(9-15(16)20)10-17-18(24)23(19(25)26-17)11-12-3-6-14(21)7-4-12/h3-10H,11H2,1-2H3/b17-10-. The zero-order chi connectivity index (χ0) is 18.8. The van der Waals surface area contributed by atoms with E-state index in [0.717, 1.165) is 33.0 Å². The number of hydrogen-bond acceptors (Lipinski definition) is 4. The maximum Gasteiger partial charge on any atom is 0.293 e. The number of anilines is 1. The first kappa shape index (κ1) is 19.0. The van der Waals surface area contributed by atoms with Crippen molar-refractivity contribution in [1.29, 1.82) is 0 Å². The van der Waals surface area contributed by atoms with Crippen LogP contribution in [-0.2, 0) is 11.3 Å². The third-order valence-electron chi connectivity index (χ3n) is 3.88. The highest BCUT2D eigenvalue weighted by atomic mass is 79.9. The van der Waals surface area contributed by atoms with Gasteiger partial charge < -0.3 is 4.90 Å². The van der Waals surface area contributed by atoms with Crippen molar-refractivity contribution in [2.24, 2.45) is 0 Å². The number of nitrogens with zero attached hydrogens (tertiary/aromatic N) is 2. The van der Waals surface area contributed by atoms with Crippen LogP contribution in [0.4, 0.5) is 10.5 Å². The van der Waals surface area contributed by atoms with Gasteiger partial charge in [0.05, 0.1) is 17.1 Å². The summed E-state index contributed by atoms with van der Waals surface area (Å²) >= 11 is 10.4. The maximum absolute atomic E-state index is 12.6. The molecule has 0 radical (unpaired) electrons. The molecule has 0 unspecified atom stereocenters. The van der Waals surface area contributed by atoms with Crippen LogP contribution in [0.15, 0.2) is 51.8 Å². The Morgan fingerprint density at radius 2 is 1.85 bits per heavy atom. The molecule has 0 atom stereocenters. The zero-order valence-electron chi connectivity index (χ0n) is 14.2. The van der Waals surface area contributed by atoms with Crippen molar-refractivity contribution in [1.82, 2.24) is 4.90 Å². The lowest BCUT2D eigenvalue weighted by Crippen LogP contribution is -2.27. The Morgan fingerprint density at radius 1 is 1.15 bits per heavy atom. The Morgan fingerprint density at radius 3 is 2.46 bits per heavy atom. The van der Waals surface area contributed by atoms with Crippen LogP contribution in [0.2, 0.25) is 5.02 Å². The number of carbonyl (C=O) groups excluding carboxylic acids is 2. The van der Waals surface area contributed by atoms with Gasteiger partial charge in [0.1, 0.15) is 0 Å². The summed E-state index contributed by atoms with van der Waals surface area (Å²) in [5.74, 6) is -0.275. The lowest BCUT2D eigenvalue weighted by molar-refractivity contribution is -0.123. The molecule has 0 aromatic heterocycles. The van der Waals surface area contributed by atoms with E-state index in [-0.39, 0.29) is 17.7 Å². The molecule has 1 fully saturated rings. The average Bonchev–Trinajstić information content (AvgIpc) is 2.84. The van der Waals surface area contributed by atoms with Crippen molar-refractivity contribution in [2.45, 2.75) is 6.54 Å². The van der Waals surface area contributed by atoms with Gasteiger partial charge in [0, 0.05) is 23.6 Å². The smallest absolute Gasteiger partial charge is 0.293 e. The first-order valence-corrected chi connectivity index (χ1v) is 9.80. The largest absolute Gasteiger partial charge is 0.377 e. The number of hydrogen-bond donors (Lipinski definition) is 0. The van der Waals surface area contributed by atoms with E-state index < -0.39 is 0 Å². The van der Waals surface area contributed by atoms with E-state index in [9.17, 15) is 9.59 Å². The first-order chi connectivity index (χ1) is 12.3. The van der Waals surface area contributed by atoms with Crippen molar-refractivity contribution in [3.8, 4) is 0 Å². The fourth-order valence-corrected chi connectivity index (χ4v) is 4.25. The van der Waals surface area contributed by atoms with Crippen molar-refractivity contribution in [2.75, 3.05) is 19.0 Å². The molecule has 7 heteroatoms. The van der Waals surface area contributed by atoms with E-state index in [1.165, 1.54) is 4.90 Å². The Hall–Kier alpha value is -1.76. The van der Waals surface area contributed by atoms with Crippen molar-refractivity contribution < 1.29 is 9.59 Å². The van der Waals surface area contributed by atoms with Gasteiger partial charge in [0.15, 0.2) is 0 Å². The van der Waals surface area contributed by atoms with E-state index in [4.69, 9.17) is 11.6 Å². The maximum atomic E-state index is 12.6. The minimum Gasteiger partial charge on any atom is -0.377 e. The molecule has 0 bridgehead atoms. The third-order valence-corrected chi connectivity index (χ3v) is 5.67. The highest BCUT2D eigenvalue weighted by Crippen LogP contribution is 2.34. The van der Waals surface area contributed by atoms with Crippen LogP contribution in [0.5, 0.6) is 0 Å². The minimum atomic E-state index is -0.275. The molecule has 1 aliphatic rings. The summed E-state index contributed by atoms with van der Waals surface area (Å²) in [5.41, 5.74) is 2.76. The zero-order valence-corrected chi connectivity index (χ0v) is 17.4. The first-order valence-electron chi connectivity index (χ1n) is 7.82. The number of benzene rings is 2. The molecule has 0 aliphatic carbocycles. The van der Waals surface area contributed by atoms with E-state index in [1.54, 1.807) is 18.2 Å². The van der Waals surface area contributed by atoms with Crippen molar-refractivity contribution in [3.63, 3.8) is 0 Å². The summed E-state index contributed by atoms with van der Waals surface area (Å²) in [5, 5.41) is 0.356. The fraction of sp³-hybridized carbons (Fsp3) is 0.158. The van der Waals surface area contributed by atoms with Gasteiger partial charge in [0.2, 0.25) is 0 Å². The normalized spacial score (nSPS) is 15.8. The highest BCUT2D eigenvalue weighted by Gasteiger charge is 2.34. The molecule has 1 heterocycles. The molecule has 0 spiro atoms. The molecule has 4 nitrogen and oxygen atoms in total. The topological polar surface area (TPSA) is 40.6 Å². The summed E-state index contributed by atoms with van der Waals surface area (Å²) in [4.78, 5) is 28.5. The Kier molecular flexibility index (Phi) is 5.75. The van der Waals surface area contributed by atoms with Gasteiger partial charge in [-0.3, -0.25) is 14.5 Å². The Balaban J connectivity index is 1.80. The van der Waals surface area contributed by atoms with Gasteiger partial charge in [0.25, 0.3) is 11.1 Å². The molecular formula is C19H16BrClN2O2S. The molecule has 0 N–H and O–H groups in total. The molecule has 3 rings (SSSR count). The van der Waals surface area contributed by atoms with E-state index >= 15 is 0 Å². The molecule has 26 heavy (non-hydrogen) atoms. The monoisotopic (exact) mass is 450 g/mol. The van der Waals surface area contributed by atoms with Gasteiger partial charge in [-0.1, -0.05) is 29.8 Å². The fourth-order valence-electron chi connectivity index (χ4n) is 2.54. The van der Waals surface area contributed by atoms with Gasteiger partial charge in [-0.15, -0.1) is 0 Å². The molecule has 2 aromatic rings. The summed E-state index contributed by atoms with van der Waals surface area (Å²) < 4.78 is 0.927. The number of imide groups is 1. The molecule has 1 aliphatic heterocycles. The summed E-state index contributed by atoms with van der Waals surface area (Å²) in [7, 11) is 3.92. The van der Waals surface area contributed by atoms with E-state index in [0.29, 0.717) is 9.93 Å². The molecule has 0 saturated carbocycles. The molecule has 134 valence electrons. The Bertz CT molecular complexity index is 897. The molecular weight excluding hydrogens is 436 g/mol. The number of halogens is 2. The Labute approximate surface area is 169 Å². The average molecular weight is 452 g/mol. The van der Waals surface area contributed by atoms with E-state index in [1.807, 2.05) is 49.3 Å². The quantitative estimate of drug-likeness (QED) is 0.583. The van der Waals surface area contributed by atoms with Gasteiger partial charge in [-0.2, -0.15) is 0 Å². The lowest BCUT2D eigenvalue weighted by atomic mass is 10.1. The summed E-state index contributed by atoms with van der Waals surface area (Å²) in [6.45, 7) is 0.239. The van der Waals surface area contributed by atoms with Crippen LogP contribution in [-0.4, -0.2) is 30.1 Å². The van der Waals surface area contributed by atoms with Crippen LogP contribution in [0.3, 0.4) is 0 Å². The second-order valence-electron chi connectivity index (χ2n) is 6.00. The highest BCUT2D eigenvalue weighted by molar-refractivity contribution is 9.10. The molecule has 1 saturated heterocycles. The van der Waals surface area contributed by atoms with Crippen LogP contribution in [0.1, 0.15) is 11.1 Å². The second kappa shape index (κ2) is 7.86. The number of carbonyl (C=O) groups is 2. The summed E-state index contributed by atoms with van der Waals surface area (Å²) in [6.07, 6.45) is 1.75. The van der Waals surface area contributed by atoms with Crippen molar-refractivity contribution >= 4 is 62.2 Å². The molecule has 2 aromatic carbocycles. The van der Waals surface area contributed by atoms with Crippen LogP contribution >= 0.6 is 39.3 Å². The minimum absolute atomic E-state index is 0.239. The SMILES string of the molecule is CN(C)c1ccc(/C=C2\SC(=O)N(Cc3ccc(Cl)cc3)C2=O)cc1Br. The predicted octanol–water partition coefficient (Wildman–Crippen LogP) is 5.41. The number of amides is 2. The number of rotatable bonds is 4. The third kappa shape index (κ3) is 4.14. The van der Waals surface area contributed by atoms with Crippen LogP contribution in [0, 0.1) is 0 Å². The van der Waals surface area contributed by atoms with Gasteiger partial charge in [-0.05, 0) is 69.2 Å². The van der Waals surface area contributed by atoms with E-state index in [2.05, 4.69) is 15.9 Å². The second-order valence-corrected chi connectivity index (χ2v) is 8.28. The van der Waals surface area contributed by atoms with Gasteiger partial charge in [-0.25, -0.2) is 0 Å². The van der Waals surface area contributed by atoms with Crippen molar-refractivity contribution in [3.05, 3.63) is 68.0 Å². The molecule has 2 amide bonds. The lowest BCUT2D eigenvalue weighted by Gasteiger charge is -2.14. The van der Waals surface area contributed by atoms with Crippen LogP contribution in [0.25, 0.3) is 6.08 Å². The predicted molar refractivity (Wildman–Crippen MR) is 111 cm³/mol.